The quantitative estimate of drug-likeness (QED) is 0.471. The van der Waals surface area contributed by atoms with E-state index in [1.165, 1.54) is 51.4 Å². The van der Waals surface area contributed by atoms with Crippen molar-refractivity contribution in [2.45, 2.75) is 72.1 Å². The molecule has 1 saturated carbocycles. The maximum Gasteiger partial charge on any atom is -0.0262 e. The molecule has 0 aliphatic heterocycles. The minimum absolute atomic E-state index is 0.679. The minimum atomic E-state index is 0.679. The maximum atomic E-state index is 2.38. The van der Waals surface area contributed by atoms with Crippen molar-refractivity contribution in [1.82, 2.24) is 0 Å². The molecule has 0 bridgehead atoms. The molecule has 2 aliphatic rings. The lowest BCUT2D eigenvalue weighted by molar-refractivity contribution is 0.244. The first kappa shape index (κ1) is 12.8. The van der Waals surface area contributed by atoms with Gasteiger partial charge in [-0.25, -0.2) is 0 Å². The van der Waals surface area contributed by atoms with Crippen LogP contribution in [0.3, 0.4) is 0 Å². The van der Waals surface area contributed by atoms with Crippen LogP contribution in [0, 0.1) is 11.3 Å². The summed E-state index contributed by atoms with van der Waals surface area (Å²) < 4.78 is 0. The second kappa shape index (κ2) is 6.35. The van der Waals surface area contributed by atoms with Gasteiger partial charge in [0.25, 0.3) is 0 Å². The van der Waals surface area contributed by atoms with Crippen molar-refractivity contribution in [2.24, 2.45) is 11.3 Å². The van der Waals surface area contributed by atoms with E-state index in [0.29, 0.717) is 5.41 Å². The van der Waals surface area contributed by atoms with Crippen LogP contribution in [0.2, 0.25) is 0 Å². The number of hydrogen-bond acceptors (Lipinski definition) is 0. The lowest BCUT2D eigenvalue weighted by Gasteiger charge is -2.28. The van der Waals surface area contributed by atoms with E-state index >= 15 is 0 Å². The molecule has 0 aromatic heterocycles. The average Bonchev–Trinajstić information content (AvgIpc) is 2.19. The lowest BCUT2D eigenvalue weighted by atomic mass is 9.78. The summed E-state index contributed by atoms with van der Waals surface area (Å²) in [5.74, 6) is 0.855. The third-order valence-corrected chi connectivity index (χ3v) is 3.70. The summed E-state index contributed by atoms with van der Waals surface area (Å²) in [5.41, 5.74) is 0.679. The van der Waals surface area contributed by atoms with E-state index < -0.39 is 0 Å². The van der Waals surface area contributed by atoms with Crippen LogP contribution in [0.4, 0.5) is 0 Å². The molecule has 1 atom stereocenters. The summed E-state index contributed by atoms with van der Waals surface area (Å²) in [7, 11) is 0. The summed E-state index contributed by atoms with van der Waals surface area (Å²) in [6, 6.07) is 0. The molecule has 0 saturated heterocycles. The molecule has 15 heavy (non-hydrogen) atoms. The number of allylic oxidation sites excluding steroid dienone is 2. The smallest absolute Gasteiger partial charge is 0.0262 e. The summed E-state index contributed by atoms with van der Waals surface area (Å²) in [4.78, 5) is 0. The van der Waals surface area contributed by atoms with Gasteiger partial charge in [-0.3, -0.25) is 0 Å². The molecule has 2 aliphatic carbocycles. The first-order valence-electron chi connectivity index (χ1n) is 6.77. The number of rotatable bonds is 0. The molecule has 0 amide bonds. The molecule has 0 N–H and O–H groups in total. The highest BCUT2D eigenvalue weighted by Crippen LogP contribution is 2.34. The Bertz CT molecular complexity index is 180. The summed E-state index contributed by atoms with van der Waals surface area (Å²) in [5, 5.41) is 0. The molecule has 88 valence electrons. The first-order valence-corrected chi connectivity index (χ1v) is 6.77. The highest BCUT2D eigenvalue weighted by Gasteiger charge is 2.19. The van der Waals surface area contributed by atoms with E-state index in [9.17, 15) is 0 Å². The highest BCUT2D eigenvalue weighted by molar-refractivity contribution is 4.90. The Kier molecular flexibility index (Phi) is 5.42. The SMILES string of the molecule is CC1(C)CCCCC1.CC1C=CCCC1. The van der Waals surface area contributed by atoms with Crippen molar-refractivity contribution >= 4 is 0 Å². The predicted molar refractivity (Wildman–Crippen MR) is 69.0 cm³/mol. The highest BCUT2D eigenvalue weighted by atomic mass is 14.3. The Morgan fingerprint density at radius 3 is 1.93 bits per heavy atom. The molecule has 0 aromatic carbocycles. The van der Waals surface area contributed by atoms with Crippen LogP contribution in [0.25, 0.3) is 0 Å². The van der Waals surface area contributed by atoms with Crippen molar-refractivity contribution in [2.75, 3.05) is 0 Å². The molecular formula is C15H28. The molecule has 1 fully saturated rings. The Balaban J connectivity index is 0.000000151. The Morgan fingerprint density at radius 1 is 1.00 bits per heavy atom. The van der Waals surface area contributed by atoms with E-state index in [0.717, 1.165) is 5.92 Å². The molecule has 2 rings (SSSR count). The van der Waals surface area contributed by atoms with Gasteiger partial charge in [0.1, 0.15) is 0 Å². The molecule has 0 aromatic rings. The summed E-state index contributed by atoms with van der Waals surface area (Å²) >= 11 is 0. The van der Waals surface area contributed by atoms with Crippen LogP contribution in [0.15, 0.2) is 12.2 Å². The fourth-order valence-electron chi connectivity index (χ4n) is 2.49. The summed E-state index contributed by atoms with van der Waals surface area (Å²) in [6.45, 7) is 7.04. The predicted octanol–water partition coefficient (Wildman–Crippen LogP) is 5.34. The standard InChI is InChI=1S/C8H16.C7H12/c1-8(2)6-4-3-5-7-8;1-7-5-3-2-4-6-7/h3-7H2,1-2H3;3,5,7H,2,4,6H2,1H3. The lowest BCUT2D eigenvalue weighted by Crippen LogP contribution is -2.14. The Hall–Kier alpha value is -0.260. The molecule has 0 radical (unpaired) electrons. The fourth-order valence-corrected chi connectivity index (χ4v) is 2.49. The van der Waals surface area contributed by atoms with E-state index in [1.54, 1.807) is 0 Å². The van der Waals surface area contributed by atoms with Crippen LogP contribution in [0.1, 0.15) is 72.1 Å². The first-order chi connectivity index (χ1) is 7.10. The van der Waals surface area contributed by atoms with Gasteiger partial charge in [-0.2, -0.15) is 0 Å². The monoisotopic (exact) mass is 208 g/mol. The van der Waals surface area contributed by atoms with Gasteiger partial charge in [0.15, 0.2) is 0 Å². The van der Waals surface area contributed by atoms with Gasteiger partial charge in [0.2, 0.25) is 0 Å². The second-order valence-electron chi connectivity index (χ2n) is 6.06. The van der Waals surface area contributed by atoms with Gasteiger partial charge in [0.05, 0.1) is 0 Å². The van der Waals surface area contributed by atoms with Crippen LogP contribution in [0.5, 0.6) is 0 Å². The largest absolute Gasteiger partial charge is 0.0883 e. The van der Waals surface area contributed by atoms with Crippen molar-refractivity contribution < 1.29 is 0 Å². The van der Waals surface area contributed by atoms with Crippen molar-refractivity contribution in [1.29, 1.82) is 0 Å². The van der Waals surface area contributed by atoms with Crippen molar-refractivity contribution in [3.8, 4) is 0 Å². The maximum absolute atomic E-state index is 2.38. The zero-order chi connectivity index (χ0) is 11.1. The Morgan fingerprint density at radius 2 is 1.67 bits per heavy atom. The molecule has 1 unspecified atom stereocenters. The van der Waals surface area contributed by atoms with Crippen molar-refractivity contribution in [3.05, 3.63) is 12.2 Å². The number of hydrogen-bond donors (Lipinski definition) is 0. The molecular weight excluding hydrogens is 180 g/mol. The van der Waals surface area contributed by atoms with E-state index in [-0.39, 0.29) is 0 Å². The van der Waals surface area contributed by atoms with E-state index in [4.69, 9.17) is 0 Å². The second-order valence-corrected chi connectivity index (χ2v) is 6.06. The minimum Gasteiger partial charge on any atom is -0.0883 e. The van der Waals surface area contributed by atoms with Crippen LogP contribution < -0.4 is 0 Å². The Labute approximate surface area is 96.2 Å². The molecule has 0 heteroatoms. The normalized spacial score (nSPS) is 29.1. The topological polar surface area (TPSA) is 0 Å². The molecule has 0 nitrogen and oxygen atoms in total. The van der Waals surface area contributed by atoms with E-state index in [2.05, 4.69) is 32.9 Å². The zero-order valence-corrected chi connectivity index (χ0v) is 10.9. The van der Waals surface area contributed by atoms with Gasteiger partial charge < -0.3 is 0 Å². The van der Waals surface area contributed by atoms with Gasteiger partial charge >= 0.3 is 0 Å². The van der Waals surface area contributed by atoms with Crippen LogP contribution >= 0.6 is 0 Å². The van der Waals surface area contributed by atoms with E-state index in [1.807, 2.05) is 0 Å². The molecule has 0 heterocycles. The third kappa shape index (κ3) is 6.02. The van der Waals surface area contributed by atoms with Gasteiger partial charge in [-0.1, -0.05) is 52.2 Å². The van der Waals surface area contributed by atoms with Crippen LogP contribution in [-0.4, -0.2) is 0 Å². The zero-order valence-electron chi connectivity index (χ0n) is 10.9. The fraction of sp³-hybridized carbons (Fsp3) is 0.867. The summed E-state index contributed by atoms with van der Waals surface area (Å²) in [6.07, 6.45) is 16.0. The van der Waals surface area contributed by atoms with Gasteiger partial charge in [-0.15, -0.1) is 0 Å². The molecule has 0 spiro atoms. The van der Waals surface area contributed by atoms with Crippen molar-refractivity contribution in [3.63, 3.8) is 0 Å². The van der Waals surface area contributed by atoms with Gasteiger partial charge in [-0.05, 0) is 43.4 Å². The third-order valence-electron chi connectivity index (χ3n) is 3.70. The van der Waals surface area contributed by atoms with Crippen LogP contribution in [-0.2, 0) is 0 Å². The van der Waals surface area contributed by atoms with Gasteiger partial charge in [0, 0.05) is 0 Å². The average molecular weight is 208 g/mol.